The van der Waals surface area contributed by atoms with Gasteiger partial charge >= 0.3 is 7.32 Å². The molecule has 44 heavy (non-hydrogen) atoms. The monoisotopic (exact) mass is 570 g/mol. The van der Waals surface area contributed by atoms with Crippen molar-refractivity contribution in [1.29, 1.82) is 0 Å². The first-order valence-electron chi connectivity index (χ1n) is 15.1. The van der Waals surface area contributed by atoms with Gasteiger partial charge in [0.1, 0.15) is 17.2 Å². The van der Waals surface area contributed by atoms with E-state index in [1.54, 1.807) is 0 Å². The second-order valence-corrected chi connectivity index (χ2v) is 11.8. The first-order valence-corrected chi connectivity index (χ1v) is 15.1. The highest BCUT2D eigenvalue weighted by molar-refractivity contribution is 6.40. The summed E-state index contributed by atoms with van der Waals surface area (Å²) in [5.74, 6) is 2.15. The molecule has 4 heteroatoms. The van der Waals surface area contributed by atoms with Gasteiger partial charge in [-0.3, -0.25) is 0 Å². The summed E-state index contributed by atoms with van der Waals surface area (Å²) < 4.78 is 20.4. The number of para-hydroxylation sites is 3. The second-order valence-electron chi connectivity index (χ2n) is 11.8. The van der Waals surface area contributed by atoms with Crippen LogP contribution in [0.2, 0.25) is 0 Å². The maximum atomic E-state index is 6.81. The zero-order chi connectivity index (χ0) is 29.8. The Balaban J connectivity index is 1.41. The molecule has 0 N–H and O–H groups in total. The maximum absolute atomic E-state index is 6.81. The van der Waals surface area contributed by atoms with Crippen molar-refractivity contribution in [1.82, 2.24) is 0 Å². The van der Waals surface area contributed by atoms with E-state index in [1.807, 2.05) is 0 Å². The second kappa shape index (κ2) is 10.5. The molecular formula is C40H31BO3. The molecule has 0 amide bonds. The van der Waals surface area contributed by atoms with Crippen LogP contribution in [0.5, 0.6) is 17.2 Å². The molecule has 0 aliphatic carbocycles. The van der Waals surface area contributed by atoms with Gasteiger partial charge in [0, 0.05) is 39.3 Å². The van der Waals surface area contributed by atoms with Crippen LogP contribution < -0.4 is 14.0 Å². The Hall–Kier alpha value is -5.22. The summed E-state index contributed by atoms with van der Waals surface area (Å²) >= 11 is 0. The lowest BCUT2D eigenvalue weighted by Crippen LogP contribution is -2.41. The molecule has 3 aliphatic heterocycles. The van der Waals surface area contributed by atoms with Gasteiger partial charge in [0.05, 0.1) is 0 Å². The minimum Gasteiger partial charge on any atom is -0.489 e. The van der Waals surface area contributed by atoms with Crippen LogP contribution in [0.25, 0.3) is 33.4 Å². The summed E-state index contributed by atoms with van der Waals surface area (Å²) in [5.41, 5.74) is 13.2. The highest BCUT2D eigenvalue weighted by Gasteiger charge is 2.43. The molecule has 6 aromatic rings. The third-order valence-corrected chi connectivity index (χ3v) is 8.80. The van der Waals surface area contributed by atoms with E-state index < -0.39 is 7.32 Å². The molecule has 0 saturated heterocycles. The molecule has 3 heterocycles. The van der Waals surface area contributed by atoms with E-state index in [1.165, 1.54) is 16.7 Å². The summed E-state index contributed by atoms with van der Waals surface area (Å²) in [7, 11) is -1.02. The first kappa shape index (κ1) is 26.4. The third-order valence-electron chi connectivity index (χ3n) is 8.80. The number of aryl methyl sites for hydroxylation is 3. The largest absolute Gasteiger partial charge is 0.864 e. The number of hydrogen-bond acceptors (Lipinski definition) is 3. The Bertz CT molecular complexity index is 1780. The van der Waals surface area contributed by atoms with Crippen molar-refractivity contribution in [2.75, 3.05) is 0 Å². The van der Waals surface area contributed by atoms with Gasteiger partial charge in [-0.25, -0.2) is 0 Å². The topological polar surface area (TPSA) is 27.7 Å². The van der Waals surface area contributed by atoms with Crippen molar-refractivity contribution in [2.24, 2.45) is 0 Å². The average molecular weight is 570 g/mol. The van der Waals surface area contributed by atoms with Crippen LogP contribution >= 0.6 is 0 Å². The highest BCUT2D eigenvalue weighted by atomic mass is 16.7. The molecule has 0 atom stereocenters. The van der Waals surface area contributed by atoms with Crippen LogP contribution in [0.1, 0.15) is 39.3 Å². The third kappa shape index (κ3) is 4.46. The van der Waals surface area contributed by atoms with E-state index >= 15 is 0 Å². The number of benzene rings is 6. The van der Waals surface area contributed by atoms with Gasteiger partial charge in [-0.2, -0.15) is 0 Å². The van der Waals surface area contributed by atoms with E-state index in [9.17, 15) is 0 Å². The number of rotatable bonds is 3. The van der Waals surface area contributed by atoms with Gasteiger partial charge < -0.3 is 14.0 Å². The fraction of sp³-hybridized carbons (Fsp3) is 0.100. The summed E-state index contributed by atoms with van der Waals surface area (Å²) in [6, 6.07) is 45.1. The molecule has 0 unspecified atom stereocenters. The van der Waals surface area contributed by atoms with Crippen molar-refractivity contribution in [3.63, 3.8) is 0 Å². The lowest BCUT2D eigenvalue weighted by molar-refractivity contribution is 0.294. The minimum atomic E-state index is -1.02. The van der Waals surface area contributed by atoms with Gasteiger partial charge in [0.25, 0.3) is 0 Å². The van der Waals surface area contributed by atoms with Crippen molar-refractivity contribution < 1.29 is 14.0 Å². The van der Waals surface area contributed by atoms with Crippen molar-refractivity contribution in [3.8, 4) is 50.6 Å². The van der Waals surface area contributed by atoms with E-state index in [0.29, 0.717) is 0 Å². The molecule has 0 saturated carbocycles. The lowest BCUT2D eigenvalue weighted by Gasteiger charge is -2.35. The maximum Gasteiger partial charge on any atom is 0.864 e. The Morgan fingerprint density at radius 1 is 0.386 bits per heavy atom. The van der Waals surface area contributed by atoms with Crippen LogP contribution in [0.3, 0.4) is 0 Å². The van der Waals surface area contributed by atoms with Crippen LogP contribution in [0.15, 0.2) is 127 Å². The van der Waals surface area contributed by atoms with Crippen molar-refractivity contribution in [3.05, 3.63) is 161 Å². The summed E-state index contributed by atoms with van der Waals surface area (Å²) in [6.45, 7) is 6.31. The normalized spacial score (nSPS) is 13.3. The molecule has 9 rings (SSSR count). The molecule has 0 radical (unpaired) electrons. The Morgan fingerprint density at radius 3 is 0.977 bits per heavy atom. The van der Waals surface area contributed by atoms with Crippen LogP contribution in [-0.2, 0) is 0 Å². The van der Waals surface area contributed by atoms with Gasteiger partial charge in [-0.15, -0.1) is 0 Å². The predicted octanol–water partition coefficient (Wildman–Crippen LogP) is 9.94. The molecule has 0 aromatic heterocycles. The van der Waals surface area contributed by atoms with Crippen LogP contribution in [-0.4, -0.2) is 7.32 Å². The smallest absolute Gasteiger partial charge is 0.489 e. The van der Waals surface area contributed by atoms with E-state index in [0.717, 1.165) is 67.3 Å². The lowest BCUT2D eigenvalue weighted by atomic mass is 9.78. The van der Waals surface area contributed by atoms with Crippen molar-refractivity contribution in [2.45, 2.75) is 26.7 Å². The SMILES string of the molecule is Cc1ccc(-c2cccc3c2OB2Oc4c(-c5ccc(C)cc5)cccc4C3c3cccc(-c4ccc(C)cc4)c3O2)cc1. The quantitative estimate of drug-likeness (QED) is 0.198. The van der Waals surface area contributed by atoms with E-state index in [2.05, 4.69) is 148 Å². The number of hydrogen-bond donors (Lipinski definition) is 0. The highest BCUT2D eigenvalue weighted by Crippen LogP contribution is 2.53. The predicted molar refractivity (Wildman–Crippen MR) is 178 cm³/mol. The standard InChI is InChI=1S/C40H31BO3/c1-25-13-19-28(20-14-25)31-7-4-10-34-37-35-11-5-8-32(29-21-15-26(2)16-22-29)39(35)43-41(42-38(31)34)44-40-33(9-6-12-36(37)40)30-23-17-27(3)18-24-30/h4-24,37H,1-3H3. The fourth-order valence-corrected chi connectivity index (χ4v) is 6.49. The fourth-order valence-electron chi connectivity index (χ4n) is 6.49. The Kier molecular flexibility index (Phi) is 6.30. The molecular weight excluding hydrogens is 539 g/mol. The van der Waals surface area contributed by atoms with Gasteiger partial charge in [-0.1, -0.05) is 144 Å². The average Bonchev–Trinajstić information content (AvgIpc) is 3.02. The molecule has 0 spiro atoms. The first-order chi connectivity index (χ1) is 21.5. The van der Waals surface area contributed by atoms with Gasteiger partial charge in [0.2, 0.25) is 0 Å². The minimum absolute atomic E-state index is 0.197. The Morgan fingerprint density at radius 2 is 0.682 bits per heavy atom. The summed E-state index contributed by atoms with van der Waals surface area (Å²) in [5, 5.41) is 0. The van der Waals surface area contributed by atoms with Gasteiger partial charge in [0.15, 0.2) is 0 Å². The summed E-state index contributed by atoms with van der Waals surface area (Å²) in [4.78, 5) is 0. The molecule has 3 aliphatic rings. The summed E-state index contributed by atoms with van der Waals surface area (Å²) in [6.07, 6.45) is 0. The zero-order valence-corrected chi connectivity index (χ0v) is 25.0. The molecule has 0 fully saturated rings. The molecule has 3 nitrogen and oxygen atoms in total. The van der Waals surface area contributed by atoms with E-state index in [-0.39, 0.29) is 5.92 Å². The van der Waals surface area contributed by atoms with Crippen LogP contribution in [0.4, 0.5) is 0 Å². The van der Waals surface area contributed by atoms with E-state index in [4.69, 9.17) is 14.0 Å². The molecule has 212 valence electrons. The molecule has 6 aromatic carbocycles. The van der Waals surface area contributed by atoms with Crippen molar-refractivity contribution >= 4 is 7.32 Å². The zero-order valence-electron chi connectivity index (χ0n) is 25.0. The molecule has 2 bridgehead atoms. The van der Waals surface area contributed by atoms with Crippen LogP contribution in [0, 0.1) is 20.8 Å². The van der Waals surface area contributed by atoms with Gasteiger partial charge in [-0.05, 0) is 37.5 Å². The Labute approximate surface area is 258 Å².